The number of aliphatic carboxylic acids is 1. The van der Waals surface area contributed by atoms with E-state index in [1.807, 2.05) is 48.5 Å². The van der Waals surface area contributed by atoms with Crippen LogP contribution in [-0.2, 0) is 32.0 Å². The first-order valence-corrected chi connectivity index (χ1v) is 13.2. The molecule has 0 fully saturated rings. The van der Waals surface area contributed by atoms with Gasteiger partial charge in [-0.25, -0.2) is 9.59 Å². The molecule has 2 N–H and O–H groups in total. The molecule has 1 atom stereocenters. The first-order chi connectivity index (χ1) is 19.9. The van der Waals surface area contributed by atoms with Gasteiger partial charge in [-0.05, 0) is 46.0 Å². The lowest BCUT2D eigenvalue weighted by atomic mass is 9.98. The third kappa shape index (κ3) is 5.79. The number of ether oxygens (including phenoxy) is 3. The monoisotopic (exact) mass is 554 g/mol. The number of nitrogens with zero attached hydrogens (tertiary/aromatic N) is 1. The van der Waals surface area contributed by atoms with Crippen LogP contribution in [0.4, 0.5) is 4.79 Å². The van der Waals surface area contributed by atoms with E-state index in [0.717, 1.165) is 22.3 Å². The zero-order valence-corrected chi connectivity index (χ0v) is 22.5. The standard InChI is InChI=1S/C32H30N2O7/c1-3-14-40-30(35)18-34-17-20(26-16-21(39-2)12-13-29(26)34)15-28(31(36)37)33-32(38)41-19-27-24-10-6-4-8-22(24)23-9-5-7-11-25(23)27/h3-13,16-17,27-28H,1,14-15,18-19H2,2H3,(H,33,38)(H,36,37)/t28-/m0/s1. The van der Waals surface area contributed by atoms with Crippen molar-refractivity contribution in [1.29, 1.82) is 0 Å². The summed E-state index contributed by atoms with van der Waals surface area (Å²) < 4.78 is 17.7. The Balaban J connectivity index is 1.32. The molecule has 41 heavy (non-hydrogen) atoms. The summed E-state index contributed by atoms with van der Waals surface area (Å²) in [7, 11) is 1.53. The number of methoxy groups -OCH3 is 1. The van der Waals surface area contributed by atoms with Crippen molar-refractivity contribution in [3.8, 4) is 16.9 Å². The highest BCUT2D eigenvalue weighted by Gasteiger charge is 2.30. The summed E-state index contributed by atoms with van der Waals surface area (Å²) in [5.41, 5.74) is 5.62. The SMILES string of the molecule is C=CCOC(=O)Cn1cc(C[C@H](NC(=O)OCC2c3ccccc3-c3ccccc32)C(=O)O)c2cc(OC)ccc21. The van der Waals surface area contributed by atoms with Gasteiger partial charge in [-0.2, -0.15) is 0 Å². The van der Waals surface area contributed by atoms with Gasteiger partial charge in [0, 0.05) is 29.4 Å². The Morgan fingerprint density at radius 1 is 1.02 bits per heavy atom. The topological polar surface area (TPSA) is 116 Å². The Bertz CT molecular complexity index is 1580. The molecule has 3 aromatic carbocycles. The van der Waals surface area contributed by atoms with Crippen LogP contribution < -0.4 is 10.1 Å². The summed E-state index contributed by atoms with van der Waals surface area (Å²) in [6, 6.07) is 20.0. The van der Waals surface area contributed by atoms with Gasteiger partial charge < -0.3 is 29.2 Å². The van der Waals surface area contributed by atoms with Gasteiger partial charge in [0.15, 0.2) is 0 Å². The number of nitrogens with one attached hydrogen (secondary N) is 1. The average molecular weight is 555 g/mol. The minimum Gasteiger partial charge on any atom is -0.497 e. The normalized spacial score (nSPS) is 12.7. The van der Waals surface area contributed by atoms with Crippen molar-refractivity contribution in [2.24, 2.45) is 0 Å². The first-order valence-electron chi connectivity index (χ1n) is 13.2. The van der Waals surface area contributed by atoms with Gasteiger partial charge in [-0.3, -0.25) is 4.79 Å². The Kier molecular flexibility index (Phi) is 8.05. The van der Waals surface area contributed by atoms with Crippen LogP contribution in [0.2, 0.25) is 0 Å². The van der Waals surface area contributed by atoms with E-state index in [9.17, 15) is 19.5 Å². The van der Waals surface area contributed by atoms with Gasteiger partial charge in [0.2, 0.25) is 0 Å². The van der Waals surface area contributed by atoms with Gasteiger partial charge in [-0.15, -0.1) is 0 Å². The molecule has 1 aromatic heterocycles. The number of aromatic nitrogens is 1. The van der Waals surface area contributed by atoms with Crippen molar-refractivity contribution >= 4 is 28.9 Å². The van der Waals surface area contributed by atoms with Crippen molar-refractivity contribution < 1.29 is 33.7 Å². The van der Waals surface area contributed by atoms with Crippen LogP contribution in [0.5, 0.6) is 5.75 Å². The number of benzene rings is 3. The van der Waals surface area contributed by atoms with Crippen LogP contribution in [-0.4, -0.2) is 54.1 Å². The predicted molar refractivity (Wildman–Crippen MR) is 153 cm³/mol. The third-order valence-electron chi connectivity index (χ3n) is 7.19. The van der Waals surface area contributed by atoms with E-state index >= 15 is 0 Å². The quantitative estimate of drug-likeness (QED) is 0.200. The van der Waals surface area contributed by atoms with Crippen molar-refractivity contribution in [2.45, 2.75) is 24.9 Å². The van der Waals surface area contributed by atoms with E-state index in [4.69, 9.17) is 14.2 Å². The number of rotatable bonds is 11. The zero-order valence-electron chi connectivity index (χ0n) is 22.5. The van der Waals surface area contributed by atoms with Gasteiger partial charge >= 0.3 is 18.0 Å². The summed E-state index contributed by atoms with van der Waals surface area (Å²) in [4.78, 5) is 37.3. The van der Waals surface area contributed by atoms with E-state index in [-0.39, 0.29) is 32.1 Å². The largest absolute Gasteiger partial charge is 0.497 e. The van der Waals surface area contributed by atoms with Crippen LogP contribution in [0.3, 0.4) is 0 Å². The fraction of sp³-hybridized carbons (Fsp3) is 0.219. The molecule has 1 heterocycles. The average Bonchev–Trinajstić information content (AvgIpc) is 3.48. The van der Waals surface area contributed by atoms with E-state index in [2.05, 4.69) is 11.9 Å². The van der Waals surface area contributed by atoms with Crippen LogP contribution in [0.15, 0.2) is 85.6 Å². The Hall–Kier alpha value is -5.05. The molecule has 4 aromatic rings. The fourth-order valence-electron chi connectivity index (χ4n) is 5.31. The van der Waals surface area contributed by atoms with E-state index in [1.165, 1.54) is 13.2 Å². The Morgan fingerprint density at radius 2 is 1.71 bits per heavy atom. The highest BCUT2D eigenvalue weighted by Crippen LogP contribution is 2.44. The molecule has 9 nitrogen and oxygen atoms in total. The molecule has 0 spiro atoms. The molecule has 210 valence electrons. The van der Waals surface area contributed by atoms with Gasteiger partial charge in [0.1, 0.15) is 31.5 Å². The van der Waals surface area contributed by atoms with E-state index in [1.54, 1.807) is 29.0 Å². The number of carboxylic acid groups (broad SMARTS) is 1. The lowest BCUT2D eigenvalue weighted by Gasteiger charge is -2.17. The molecule has 1 aliphatic rings. The number of amides is 1. The maximum Gasteiger partial charge on any atom is 0.407 e. The Morgan fingerprint density at radius 3 is 2.34 bits per heavy atom. The second kappa shape index (κ2) is 12.0. The molecule has 5 rings (SSSR count). The second-order valence-corrected chi connectivity index (χ2v) is 9.70. The number of carbonyl (C=O) groups excluding carboxylic acids is 2. The minimum atomic E-state index is -1.27. The Labute approximate surface area is 236 Å². The highest BCUT2D eigenvalue weighted by atomic mass is 16.5. The van der Waals surface area contributed by atoms with Gasteiger partial charge in [-0.1, -0.05) is 61.2 Å². The van der Waals surface area contributed by atoms with Crippen LogP contribution in [0, 0.1) is 0 Å². The van der Waals surface area contributed by atoms with Crippen molar-refractivity contribution in [3.05, 3.63) is 102 Å². The summed E-state index contributed by atoms with van der Waals surface area (Å²) in [5.74, 6) is -1.26. The molecule has 9 heteroatoms. The number of hydrogen-bond donors (Lipinski definition) is 2. The summed E-state index contributed by atoms with van der Waals surface area (Å²) in [6.07, 6.45) is 2.30. The van der Waals surface area contributed by atoms with Crippen molar-refractivity contribution in [3.63, 3.8) is 0 Å². The van der Waals surface area contributed by atoms with Gasteiger partial charge in [0.25, 0.3) is 0 Å². The fourth-order valence-corrected chi connectivity index (χ4v) is 5.31. The zero-order chi connectivity index (χ0) is 28.9. The number of hydrogen-bond acceptors (Lipinski definition) is 6. The molecule has 0 bridgehead atoms. The third-order valence-corrected chi connectivity index (χ3v) is 7.19. The molecule has 0 aliphatic heterocycles. The number of fused-ring (bicyclic) bond motifs is 4. The molecular formula is C32H30N2O7. The number of esters is 1. The van der Waals surface area contributed by atoms with Gasteiger partial charge in [0.05, 0.1) is 7.11 Å². The number of carboxylic acids is 1. The predicted octanol–water partition coefficient (Wildman–Crippen LogP) is 4.91. The van der Waals surface area contributed by atoms with Crippen molar-refractivity contribution in [1.82, 2.24) is 9.88 Å². The summed E-state index contributed by atoms with van der Waals surface area (Å²) in [5, 5.41) is 13.2. The molecule has 0 saturated carbocycles. The first kappa shape index (κ1) is 27.5. The van der Waals surface area contributed by atoms with E-state index < -0.39 is 24.1 Å². The number of carbonyl (C=O) groups is 3. The molecule has 0 radical (unpaired) electrons. The molecule has 0 saturated heterocycles. The lowest BCUT2D eigenvalue weighted by Crippen LogP contribution is -2.42. The van der Waals surface area contributed by atoms with Crippen LogP contribution >= 0.6 is 0 Å². The summed E-state index contributed by atoms with van der Waals surface area (Å²) in [6.45, 7) is 3.62. The highest BCUT2D eigenvalue weighted by molar-refractivity contribution is 5.88. The molecule has 0 unspecified atom stereocenters. The minimum absolute atomic E-state index is 0.0437. The molecular weight excluding hydrogens is 524 g/mol. The van der Waals surface area contributed by atoms with E-state index in [0.29, 0.717) is 22.2 Å². The molecule has 1 amide bonds. The maximum atomic E-state index is 12.9. The smallest absolute Gasteiger partial charge is 0.407 e. The molecule has 1 aliphatic carbocycles. The van der Waals surface area contributed by atoms with Crippen molar-refractivity contribution in [2.75, 3.05) is 20.3 Å². The summed E-state index contributed by atoms with van der Waals surface area (Å²) >= 11 is 0. The van der Waals surface area contributed by atoms with Crippen LogP contribution in [0.1, 0.15) is 22.6 Å². The maximum absolute atomic E-state index is 12.9. The van der Waals surface area contributed by atoms with Crippen LogP contribution in [0.25, 0.3) is 22.0 Å². The lowest BCUT2D eigenvalue weighted by molar-refractivity contribution is -0.143. The number of alkyl carbamates (subject to hydrolysis) is 1. The second-order valence-electron chi connectivity index (χ2n) is 9.70.